The maximum absolute atomic E-state index is 13.2. The first kappa shape index (κ1) is 17.8. The number of halogens is 1. The number of hydrogen-bond acceptors (Lipinski definition) is 5. The Morgan fingerprint density at radius 3 is 2.86 bits per heavy atom. The van der Waals surface area contributed by atoms with Crippen LogP contribution in [0.4, 0.5) is 4.39 Å². The molecule has 4 rings (SSSR count). The lowest BCUT2D eigenvalue weighted by Gasteiger charge is -2.14. The van der Waals surface area contributed by atoms with E-state index in [-0.39, 0.29) is 17.8 Å². The average Bonchev–Trinajstić information content (AvgIpc) is 3.37. The summed E-state index contributed by atoms with van der Waals surface area (Å²) < 4.78 is 19.9. The summed E-state index contributed by atoms with van der Waals surface area (Å²) in [5.41, 5.74) is 1.52. The Morgan fingerprint density at radius 1 is 1.29 bits per heavy atom. The third-order valence-electron chi connectivity index (χ3n) is 4.41. The summed E-state index contributed by atoms with van der Waals surface area (Å²) in [6.07, 6.45) is 4.43. The minimum atomic E-state index is -0.337. The fraction of sp³-hybridized carbons (Fsp3) is 0.200. The number of aryl methyl sites for hydroxylation is 1. The zero-order valence-electron chi connectivity index (χ0n) is 15.2. The number of rotatable bonds is 6. The fourth-order valence-electron chi connectivity index (χ4n) is 2.93. The number of nitrogens with one attached hydrogen (secondary N) is 1. The van der Waals surface area contributed by atoms with Crippen molar-refractivity contribution >= 4 is 11.7 Å². The van der Waals surface area contributed by atoms with E-state index in [2.05, 4.69) is 20.4 Å². The van der Waals surface area contributed by atoms with Crippen molar-refractivity contribution in [1.82, 2.24) is 24.9 Å². The van der Waals surface area contributed by atoms with Gasteiger partial charge < -0.3 is 9.73 Å². The van der Waals surface area contributed by atoms with Gasteiger partial charge in [0.1, 0.15) is 23.6 Å². The van der Waals surface area contributed by atoms with Gasteiger partial charge in [-0.3, -0.25) is 4.79 Å². The van der Waals surface area contributed by atoms with E-state index in [9.17, 15) is 9.18 Å². The van der Waals surface area contributed by atoms with Crippen LogP contribution in [0.3, 0.4) is 0 Å². The summed E-state index contributed by atoms with van der Waals surface area (Å²) in [5, 5.41) is 7.06. The molecule has 0 saturated carbocycles. The Hall–Kier alpha value is -3.55. The Labute approximate surface area is 160 Å². The van der Waals surface area contributed by atoms with Crippen LogP contribution in [0.25, 0.3) is 17.0 Å². The van der Waals surface area contributed by atoms with Gasteiger partial charge in [-0.2, -0.15) is 14.6 Å². The van der Waals surface area contributed by atoms with Gasteiger partial charge >= 0.3 is 0 Å². The van der Waals surface area contributed by atoms with E-state index in [0.717, 1.165) is 18.6 Å². The molecule has 4 aromatic rings. The fourth-order valence-corrected chi connectivity index (χ4v) is 2.93. The first-order chi connectivity index (χ1) is 13.6. The summed E-state index contributed by atoms with van der Waals surface area (Å²) in [5.74, 6) is 0.557. The van der Waals surface area contributed by atoms with Gasteiger partial charge in [-0.05, 0) is 55.8 Å². The quantitative estimate of drug-likeness (QED) is 0.556. The maximum atomic E-state index is 13.2. The standard InChI is InChI=1S/C20H18FN5O2/c1-13(4-9-16-3-2-10-28-16)24-19(27)18-11-17(14-5-7-15(21)8-6-14)25-20-22-12-23-26(18)20/h2-3,5-8,10-13H,4,9H2,1H3,(H,24,27)/t13-/m0/s1. The zero-order chi connectivity index (χ0) is 19.5. The number of carbonyl (C=O) groups excluding carboxylic acids is 1. The Bertz CT molecular complexity index is 1090. The minimum Gasteiger partial charge on any atom is -0.469 e. The molecule has 1 amide bonds. The van der Waals surface area contributed by atoms with Gasteiger partial charge in [-0.15, -0.1) is 0 Å². The van der Waals surface area contributed by atoms with Crippen LogP contribution in [0.5, 0.6) is 0 Å². The minimum absolute atomic E-state index is 0.0707. The van der Waals surface area contributed by atoms with Crippen LogP contribution in [0.15, 0.2) is 59.5 Å². The smallest absolute Gasteiger partial charge is 0.270 e. The number of aromatic nitrogens is 4. The van der Waals surface area contributed by atoms with E-state index in [0.29, 0.717) is 22.7 Å². The van der Waals surface area contributed by atoms with Crippen LogP contribution in [-0.2, 0) is 6.42 Å². The molecule has 7 nitrogen and oxygen atoms in total. The van der Waals surface area contributed by atoms with Crippen LogP contribution in [0, 0.1) is 5.82 Å². The third kappa shape index (κ3) is 3.75. The van der Waals surface area contributed by atoms with Crippen molar-refractivity contribution in [2.24, 2.45) is 0 Å². The molecule has 0 aliphatic rings. The second-order valence-corrected chi connectivity index (χ2v) is 6.50. The number of carbonyl (C=O) groups is 1. The molecule has 28 heavy (non-hydrogen) atoms. The number of furan rings is 1. The number of fused-ring (bicyclic) bond motifs is 1. The highest BCUT2D eigenvalue weighted by Gasteiger charge is 2.17. The van der Waals surface area contributed by atoms with Crippen LogP contribution in [0.1, 0.15) is 29.6 Å². The van der Waals surface area contributed by atoms with Gasteiger partial charge in [0.15, 0.2) is 0 Å². The molecule has 0 saturated heterocycles. The van der Waals surface area contributed by atoms with Gasteiger partial charge in [-0.1, -0.05) is 0 Å². The van der Waals surface area contributed by atoms with Crippen molar-refractivity contribution < 1.29 is 13.6 Å². The third-order valence-corrected chi connectivity index (χ3v) is 4.41. The zero-order valence-corrected chi connectivity index (χ0v) is 15.2. The molecule has 0 bridgehead atoms. The molecule has 1 atom stereocenters. The summed E-state index contributed by atoms with van der Waals surface area (Å²) in [7, 11) is 0. The maximum Gasteiger partial charge on any atom is 0.270 e. The summed E-state index contributed by atoms with van der Waals surface area (Å²) >= 11 is 0. The van der Waals surface area contributed by atoms with E-state index in [1.807, 2.05) is 19.1 Å². The highest BCUT2D eigenvalue weighted by molar-refractivity contribution is 5.94. The summed E-state index contributed by atoms with van der Waals surface area (Å²) in [6.45, 7) is 1.93. The average molecular weight is 379 g/mol. The molecule has 1 aromatic carbocycles. The van der Waals surface area contributed by atoms with Gasteiger partial charge in [0.25, 0.3) is 11.7 Å². The predicted molar refractivity (Wildman–Crippen MR) is 100 cm³/mol. The number of hydrogen-bond donors (Lipinski definition) is 1. The molecule has 3 heterocycles. The molecule has 0 aliphatic carbocycles. The van der Waals surface area contributed by atoms with E-state index < -0.39 is 0 Å². The highest BCUT2D eigenvalue weighted by Crippen LogP contribution is 2.20. The van der Waals surface area contributed by atoms with Gasteiger partial charge in [0.05, 0.1) is 12.0 Å². The number of benzene rings is 1. The molecular weight excluding hydrogens is 361 g/mol. The molecule has 1 N–H and O–H groups in total. The lowest BCUT2D eigenvalue weighted by molar-refractivity contribution is 0.0930. The second-order valence-electron chi connectivity index (χ2n) is 6.50. The van der Waals surface area contributed by atoms with Crippen molar-refractivity contribution in [3.63, 3.8) is 0 Å². The monoisotopic (exact) mass is 379 g/mol. The first-order valence-corrected chi connectivity index (χ1v) is 8.90. The molecule has 8 heteroatoms. The van der Waals surface area contributed by atoms with Crippen LogP contribution < -0.4 is 5.32 Å². The Kier molecular flexibility index (Phi) is 4.84. The molecule has 0 aliphatic heterocycles. The van der Waals surface area contributed by atoms with Gasteiger partial charge in [-0.25, -0.2) is 9.37 Å². The molecular formula is C20H18FN5O2. The van der Waals surface area contributed by atoms with Crippen molar-refractivity contribution in [1.29, 1.82) is 0 Å². The highest BCUT2D eigenvalue weighted by atomic mass is 19.1. The van der Waals surface area contributed by atoms with Crippen LogP contribution in [0.2, 0.25) is 0 Å². The van der Waals surface area contributed by atoms with Crippen LogP contribution in [-0.4, -0.2) is 31.5 Å². The molecule has 0 radical (unpaired) electrons. The summed E-state index contributed by atoms with van der Waals surface area (Å²) in [6, 6.07) is 11.2. The molecule has 0 unspecified atom stereocenters. The van der Waals surface area contributed by atoms with Crippen molar-refractivity contribution in [3.8, 4) is 11.3 Å². The van der Waals surface area contributed by atoms with E-state index in [4.69, 9.17) is 4.42 Å². The normalized spacial score (nSPS) is 12.2. The van der Waals surface area contributed by atoms with Crippen molar-refractivity contribution in [2.45, 2.75) is 25.8 Å². The number of nitrogens with zero attached hydrogens (tertiary/aromatic N) is 4. The van der Waals surface area contributed by atoms with Crippen molar-refractivity contribution in [2.75, 3.05) is 0 Å². The molecule has 0 spiro atoms. The molecule has 3 aromatic heterocycles. The number of amides is 1. The first-order valence-electron chi connectivity index (χ1n) is 8.90. The Balaban J connectivity index is 1.57. The lowest BCUT2D eigenvalue weighted by Crippen LogP contribution is -2.34. The van der Waals surface area contributed by atoms with Gasteiger partial charge in [0.2, 0.25) is 0 Å². The largest absolute Gasteiger partial charge is 0.469 e. The molecule has 0 fully saturated rings. The predicted octanol–water partition coefficient (Wildman–Crippen LogP) is 3.27. The second kappa shape index (κ2) is 7.59. The Morgan fingerprint density at radius 2 is 2.11 bits per heavy atom. The van der Waals surface area contributed by atoms with Gasteiger partial charge in [0, 0.05) is 18.0 Å². The van der Waals surface area contributed by atoms with E-state index in [1.54, 1.807) is 24.5 Å². The topological polar surface area (TPSA) is 85.3 Å². The van der Waals surface area contributed by atoms with E-state index in [1.165, 1.54) is 23.0 Å². The van der Waals surface area contributed by atoms with Crippen molar-refractivity contribution in [3.05, 3.63) is 72.3 Å². The lowest BCUT2D eigenvalue weighted by atomic mass is 10.1. The SMILES string of the molecule is C[C@@H](CCc1ccco1)NC(=O)c1cc(-c2ccc(F)cc2)nc2ncnn12. The van der Waals surface area contributed by atoms with Crippen LogP contribution >= 0.6 is 0 Å². The van der Waals surface area contributed by atoms with E-state index >= 15 is 0 Å². The molecule has 142 valence electrons. The summed E-state index contributed by atoms with van der Waals surface area (Å²) in [4.78, 5) is 21.3.